The van der Waals surface area contributed by atoms with E-state index in [4.69, 9.17) is 31.0 Å². The van der Waals surface area contributed by atoms with Gasteiger partial charge in [-0.2, -0.15) is 0 Å². The number of halogens is 1. The third kappa shape index (κ3) is 8.71. The zero-order chi connectivity index (χ0) is 42.3. The molecule has 0 spiro atoms. The van der Waals surface area contributed by atoms with Crippen LogP contribution < -0.4 is 24.8 Å². The number of sulfonamides is 1. The number of anilines is 1. The number of hydrogen-bond acceptors (Lipinski definition) is 11. The molecule has 2 aromatic heterocycles. The first-order valence-electron chi connectivity index (χ1n) is 20.7. The van der Waals surface area contributed by atoms with Crippen LogP contribution in [-0.4, -0.2) is 83.6 Å². The minimum atomic E-state index is -3.89. The van der Waals surface area contributed by atoms with Gasteiger partial charge < -0.3 is 25.0 Å². The second kappa shape index (κ2) is 17.0. The summed E-state index contributed by atoms with van der Waals surface area (Å²) in [5, 5.41) is 10.6. The van der Waals surface area contributed by atoms with Crippen molar-refractivity contribution in [3.05, 3.63) is 76.3 Å². The van der Waals surface area contributed by atoms with E-state index in [1.807, 2.05) is 54.8 Å². The summed E-state index contributed by atoms with van der Waals surface area (Å²) in [6.45, 7) is 6.20. The van der Waals surface area contributed by atoms with Crippen LogP contribution in [0.3, 0.4) is 0 Å². The lowest BCUT2D eigenvalue weighted by Crippen LogP contribution is -2.57. The maximum Gasteiger partial charge on any atom is 0.259 e. The molecule has 2 aliphatic carbocycles. The van der Waals surface area contributed by atoms with E-state index in [0.29, 0.717) is 47.3 Å². The molecule has 3 amide bonds. The Balaban J connectivity index is 1.15. The van der Waals surface area contributed by atoms with Gasteiger partial charge in [0.2, 0.25) is 27.7 Å². The van der Waals surface area contributed by atoms with Crippen molar-refractivity contribution in [2.24, 2.45) is 5.92 Å². The third-order valence-corrected chi connectivity index (χ3v) is 15.0. The molecule has 13 nitrogen and oxygen atoms in total. The van der Waals surface area contributed by atoms with Crippen molar-refractivity contribution in [2.75, 3.05) is 19.0 Å². The fourth-order valence-corrected chi connectivity index (χ4v) is 10.8. The molecule has 0 bridgehead atoms. The van der Waals surface area contributed by atoms with Gasteiger partial charge in [-0.3, -0.25) is 19.1 Å². The number of nitrogens with one attached hydrogen (secondary N) is 3. The van der Waals surface area contributed by atoms with Crippen molar-refractivity contribution in [1.82, 2.24) is 24.9 Å². The highest BCUT2D eigenvalue weighted by molar-refractivity contribution is 7.91. The number of amides is 3. The predicted octanol–water partition coefficient (Wildman–Crippen LogP) is 7.28. The molecule has 2 aliphatic heterocycles. The highest BCUT2D eigenvalue weighted by Gasteiger charge is 2.62. The molecule has 8 rings (SSSR count). The van der Waals surface area contributed by atoms with E-state index in [1.165, 1.54) is 16.2 Å². The number of aryl methyl sites for hydroxylation is 1. The lowest BCUT2D eigenvalue weighted by Gasteiger charge is -2.30. The van der Waals surface area contributed by atoms with Gasteiger partial charge in [0, 0.05) is 33.8 Å². The number of methoxy groups -OCH3 is 1. The normalized spacial score (nSPS) is 24.9. The third-order valence-electron chi connectivity index (χ3n) is 12.0. The number of rotatable bonds is 10. The van der Waals surface area contributed by atoms with Crippen molar-refractivity contribution < 1.29 is 32.3 Å². The molecule has 4 aromatic rings. The summed E-state index contributed by atoms with van der Waals surface area (Å²) in [5.41, 5.74) is 1.67. The van der Waals surface area contributed by atoms with E-state index in [-0.39, 0.29) is 31.2 Å². The molecule has 2 aromatic carbocycles. The molecule has 16 heteroatoms. The first kappa shape index (κ1) is 42.0. The Kier molecular flexibility index (Phi) is 11.9. The topological polar surface area (TPSA) is 169 Å². The molecule has 0 unspecified atom stereocenters. The molecule has 5 atom stereocenters. The van der Waals surface area contributed by atoms with Crippen LogP contribution >= 0.6 is 22.9 Å². The van der Waals surface area contributed by atoms with Crippen molar-refractivity contribution in [3.8, 4) is 22.3 Å². The Hall–Kier alpha value is -4.73. The Labute approximate surface area is 359 Å². The van der Waals surface area contributed by atoms with Crippen LogP contribution in [0.4, 0.5) is 5.69 Å². The van der Waals surface area contributed by atoms with Gasteiger partial charge in [0.05, 0.1) is 24.6 Å². The van der Waals surface area contributed by atoms with Gasteiger partial charge >= 0.3 is 0 Å². The van der Waals surface area contributed by atoms with E-state index in [2.05, 4.69) is 29.2 Å². The molecule has 3 fully saturated rings. The number of hydrogen-bond donors (Lipinski definition) is 3. The van der Waals surface area contributed by atoms with Gasteiger partial charge in [0.25, 0.3) is 5.91 Å². The SMILES string of the molecule is COc1ccc2c(O[C@@H]3C[C@H]4C(=O)N[C@]5(C(=O)NS(=O)(=O)C6CC6)C[C@H]5C=CCCCCC[C@H](Nc5cccc(Cl)c5)C(=O)N4C3)nc(-c3nc(C(C)C)cs3)cc2c1C. The number of fused-ring (bicyclic) bond motifs is 3. The molecule has 318 valence electrons. The Morgan fingerprint density at radius 1 is 1.07 bits per heavy atom. The summed E-state index contributed by atoms with van der Waals surface area (Å²) in [5.74, 6) is -0.756. The lowest BCUT2D eigenvalue weighted by molar-refractivity contribution is -0.140. The van der Waals surface area contributed by atoms with E-state index in [1.54, 1.807) is 19.2 Å². The number of aromatic nitrogens is 2. The van der Waals surface area contributed by atoms with Gasteiger partial charge in [-0.25, -0.2) is 18.4 Å². The molecule has 3 N–H and O–H groups in total. The van der Waals surface area contributed by atoms with Gasteiger partial charge in [-0.05, 0) is 98.7 Å². The first-order chi connectivity index (χ1) is 28.8. The minimum absolute atomic E-state index is 0.0561. The number of pyridine rings is 1. The molecule has 4 heterocycles. The Bertz CT molecular complexity index is 2450. The lowest BCUT2D eigenvalue weighted by atomic mass is 10.0. The summed E-state index contributed by atoms with van der Waals surface area (Å²) >= 11 is 7.85. The van der Waals surface area contributed by atoms with Gasteiger partial charge in [-0.15, -0.1) is 11.3 Å². The number of carbonyl (C=O) groups is 3. The number of ether oxygens (including phenoxy) is 2. The Morgan fingerprint density at radius 3 is 2.62 bits per heavy atom. The highest BCUT2D eigenvalue weighted by Crippen LogP contribution is 2.46. The smallest absolute Gasteiger partial charge is 0.259 e. The van der Waals surface area contributed by atoms with Crippen LogP contribution in [0, 0.1) is 12.8 Å². The summed E-state index contributed by atoms with van der Waals surface area (Å²) in [7, 11) is -2.26. The standard InChI is InChI=1S/C44H51ClN6O7S2/c1-25(2)36-24-59-41(48-36)35-21-33-26(3)38(57-4)18-17-32(33)40(47-35)58-30-20-37-39(52)49-44(43(54)50-60(55,56)31-15-16-31)22-27(44)11-8-6-5-7-9-14-34(42(53)51(37)23-30)46-29-13-10-12-28(45)19-29/h8,10-13,17-19,21,24-25,27,30-31,34,37,46H,5-7,9,14-16,20,22-23H2,1-4H3,(H,49,52)(H,50,54)/t27-,30-,34+,37+,44-/m1/s1. The largest absolute Gasteiger partial charge is 0.496 e. The number of carbonyl (C=O) groups excluding carboxylic acids is 3. The molecule has 2 saturated carbocycles. The number of allylic oxidation sites excluding steroid dienone is 1. The van der Waals surface area contributed by atoms with Crippen LogP contribution in [-0.2, 0) is 24.4 Å². The van der Waals surface area contributed by atoms with Gasteiger partial charge in [0.1, 0.15) is 40.2 Å². The van der Waals surface area contributed by atoms with E-state index < -0.39 is 56.7 Å². The number of thiazole rings is 1. The van der Waals surface area contributed by atoms with Crippen LogP contribution in [0.1, 0.15) is 88.8 Å². The van der Waals surface area contributed by atoms with Crippen molar-refractivity contribution >= 4 is 67.1 Å². The fraction of sp³-hybridized carbons (Fsp3) is 0.477. The monoisotopic (exact) mass is 874 g/mol. The minimum Gasteiger partial charge on any atom is -0.496 e. The number of benzene rings is 2. The molecule has 1 saturated heterocycles. The summed E-state index contributed by atoms with van der Waals surface area (Å²) in [6, 6.07) is 11.2. The molecule has 0 radical (unpaired) electrons. The number of nitrogens with zero attached hydrogens (tertiary/aromatic N) is 3. The van der Waals surface area contributed by atoms with Crippen molar-refractivity contribution in [2.45, 2.75) is 113 Å². The average Bonchev–Trinajstić information content (AvgIpc) is 4.09. The van der Waals surface area contributed by atoms with Crippen LogP contribution in [0.2, 0.25) is 5.02 Å². The summed E-state index contributed by atoms with van der Waals surface area (Å²) in [4.78, 5) is 54.9. The maximum absolute atomic E-state index is 14.9. The predicted molar refractivity (Wildman–Crippen MR) is 233 cm³/mol. The molecular weight excluding hydrogens is 824 g/mol. The maximum atomic E-state index is 14.9. The van der Waals surface area contributed by atoms with Gasteiger partial charge in [0.15, 0.2) is 0 Å². The summed E-state index contributed by atoms with van der Waals surface area (Å²) < 4.78 is 40.7. The second-order valence-electron chi connectivity index (χ2n) is 16.7. The second-order valence-corrected chi connectivity index (χ2v) is 20.0. The van der Waals surface area contributed by atoms with Crippen LogP contribution in [0.25, 0.3) is 21.5 Å². The first-order valence-corrected chi connectivity index (χ1v) is 23.5. The van der Waals surface area contributed by atoms with E-state index in [0.717, 1.165) is 52.7 Å². The highest BCUT2D eigenvalue weighted by atomic mass is 35.5. The molecule has 4 aliphatic rings. The molecular formula is C44H51ClN6O7S2. The summed E-state index contributed by atoms with van der Waals surface area (Å²) in [6.07, 6.45) is 8.23. The average molecular weight is 876 g/mol. The Morgan fingerprint density at radius 2 is 1.88 bits per heavy atom. The van der Waals surface area contributed by atoms with Crippen molar-refractivity contribution in [1.29, 1.82) is 0 Å². The fourth-order valence-electron chi connectivity index (χ4n) is 8.29. The van der Waals surface area contributed by atoms with Crippen molar-refractivity contribution in [3.63, 3.8) is 0 Å². The quantitative estimate of drug-likeness (QED) is 0.138. The molecule has 60 heavy (non-hydrogen) atoms. The van der Waals surface area contributed by atoms with Crippen LogP contribution in [0.5, 0.6) is 11.6 Å². The van der Waals surface area contributed by atoms with E-state index in [9.17, 15) is 22.8 Å². The zero-order valence-corrected chi connectivity index (χ0v) is 36.6. The van der Waals surface area contributed by atoms with Gasteiger partial charge in [-0.1, -0.05) is 56.5 Å². The van der Waals surface area contributed by atoms with Crippen LogP contribution in [0.15, 0.2) is 60.0 Å². The van der Waals surface area contributed by atoms with E-state index >= 15 is 0 Å². The zero-order valence-electron chi connectivity index (χ0n) is 34.2.